The predicted octanol–water partition coefficient (Wildman–Crippen LogP) is 3.65. The molecule has 0 aliphatic carbocycles. The second-order valence-corrected chi connectivity index (χ2v) is 10.2. The Morgan fingerprint density at radius 2 is 1.81 bits per heavy atom. The fourth-order valence-electron chi connectivity index (χ4n) is 5.38. The average molecular weight is 509 g/mol. The molecule has 1 unspecified atom stereocenters. The fraction of sp³-hybridized carbons (Fsp3) is 0.464. The van der Waals surface area contributed by atoms with E-state index in [0.29, 0.717) is 43.1 Å². The number of halogens is 1. The molecule has 0 radical (unpaired) electrons. The van der Waals surface area contributed by atoms with E-state index >= 15 is 0 Å². The fourth-order valence-corrected chi connectivity index (χ4v) is 5.50. The molecule has 1 aromatic heterocycles. The van der Waals surface area contributed by atoms with Gasteiger partial charge in [0.15, 0.2) is 0 Å². The Balaban J connectivity index is 1.29. The summed E-state index contributed by atoms with van der Waals surface area (Å²) < 4.78 is 7.01. The van der Waals surface area contributed by atoms with E-state index < -0.39 is 0 Å². The molecule has 2 aliphatic heterocycles. The number of aromatic nitrogens is 2. The molecule has 1 N–H and O–H groups in total. The van der Waals surface area contributed by atoms with Crippen molar-refractivity contribution in [2.75, 3.05) is 32.8 Å². The molecule has 1 amide bonds. The minimum atomic E-state index is -0.0508. The number of carbonyl (C=O) groups excluding carboxylic acids is 1. The zero-order valence-corrected chi connectivity index (χ0v) is 21.3. The van der Waals surface area contributed by atoms with Crippen LogP contribution in [0.15, 0.2) is 53.3 Å². The predicted molar refractivity (Wildman–Crippen MR) is 141 cm³/mol. The van der Waals surface area contributed by atoms with Gasteiger partial charge >= 0.3 is 0 Å². The SMILES string of the molecule is O=C(NCCN1CCCC1Cn1nc(Cc2ccc(Cl)cc2)c2ccccc2c1=O)C1CCOCC1. The van der Waals surface area contributed by atoms with Crippen molar-refractivity contribution in [3.63, 3.8) is 0 Å². The molecule has 3 heterocycles. The monoisotopic (exact) mass is 508 g/mol. The second kappa shape index (κ2) is 11.5. The van der Waals surface area contributed by atoms with Crippen LogP contribution in [0, 0.1) is 5.92 Å². The van der Waals surface area contributed by atoms with Gasteiger partial charge in [-0.3, -0.25) is 14.5 Å². The third kappa shape index (κ3) is 5.80. The normalized spacial score (nSPS) is 19.1. The molecule has 36 heavy (non-hydrogen) atoms. The molecule has 0 saturated carbocycles. The van der Waals surface area contributed by atoms with Gasteiger partial charge < -0.3 is 10.1 Å². The van der Waals surface area contributed by atoms with Crippen molar-refractivity contribution in [1.29, 1.82) is 0 Å². The first-order chi connectivity index (χ1) is 17.6. The van der Waals surface area contributed by atoms with Gasteiger partial charge in [0.05, 0.1) is 17.6 Å². The van der Waals surface area contributed by atoms with E-state index in [1.54, 1.807) is 4.68 Å². The van der Waals surface area contributed by atoms with Crippen molar-refractivity contribution >= 4 is 28.3 Å². The average Bonchev–Trinajstić information content (AvgIpc) is 3.35. The number of rotatable bonds is 8. The van der Waals surface area contributed by atoms with Gasteiger partial charge in [0, 0.05) is 55.1 Å². The van der Waals surface area contributed by atoms with Crippen molar-refractivity contribution < 1.29 is 9.53 Å². The van der Waals surface area contributed by atoms with Crippen LogP contribution in [0.3, 0.4) is 0 Å². The van der Waals surface area contributed by atoms with Gasteiger partial charge in [-0.2, -0.15) is 5.10 Å². The molecule has 8 heteroatoms. The van der Waals surface area contributed by atoms with E-state index in [1.165, 1.54) is 0 Å². The number of hydrogen-bond donors (Lipinski definition) is 1. The number of nitrogens with one attached hydrogen (secondary N) is 1. The first-order valence-electron chi connectivity index (χ1n) is 12.9. The summed E-state index contributed by atoms with van der Waals surface area (Å²) in [7, 11) is 0. The van der Waals surface area contributed by atoms with Gasteiger partial charge in [-0.1, -0.05) is 41.9 Å². The number of hydrogen-bond acceptors (Lipinski definition) is 5. The zero-order chi connectivity index (χ0) is 24.9. The summed E-state index contributed by atoms with van der Waals surface area (Å²) in [5.74, 6) is 0.195. The maximum absolute atomic E-state index is 13.3. The summed E-state index contributed by atoms with van der Waals surface area (Å²) in [6.07, 6.45) is 4.32. The van der Waals surface area contributed by atoms with Gasteiger partial charge in [0.25, 0.3) is 5.56 Å². The van der Waals surface area contributed by atoms with Gasteiger partial charge in [-0.05, 0) is 56.0 Å². The molecule has 2 aromatic carbocycles. The minimum Gasteiger partial charge on any atom is -0.381 e. The standard InChI is InChI=1S/C28H33ClN4O3/c29-22-9-7-20(8-10-22)18-26-24-5-1-2-6-25(24)28(35)33(31-26)19-23-4-3-14-32(23)15-13-30-27(34)21-11-16-36-17-12-21/h1-2,5-10,21,23H,3-4,11-19H2,(H,30,34). The molecule has 7 nitrogen and oxygen atoms in total. The molecule has 5 rings (SSSR count). The van der Waals surface area contributed by atoms with Crippen molar-refractivity contribution in [3.05, 3.63) is 75.2 Å². The lowest BCUT2D eigenvalue weighted by Crippen LogP contribution is -2.43. The van der Waals surface area contributed by atoms with E-state index in [-0.39, 0.29) is 23.4 Å². The summed E-state index contributed by atoms with van der Waals surface area (Å²) in [6, 6.07) is 15.7. The molecule has 2 fully saturated rings. The highest BCUT2D eigenvalue weighted by Crippen LogP contribution is 2.21. The third-order valence-electron chi connectivity index (χ3n) is 7.40. The maximum atomic E-state index is 13.3. The van der Waals surface area contributed by atoms with Crippen LogP contribution in [0.25, 0.3) is 10.8 Å². The van der Waals surface area contributed by atoms with Gasteiger partial charge in [-0.25, -0.2) is 4.68 Å². The number of ether oxygens (including phenoxy) is 1. The smallest absolute Gasteiger partial charge is 0.274 e. The van der Waals surface area contributed by atoms with E-state index in [4.69, 9.17) is 21.4 Å². The lowest BCUT2D eigenvalue weighted by atomic mass is 9.99. The Bertz CT molecular complexity index is 1250. The van der Waals surface area contributed by atoms with E-state index in [9.17, 15) is 9.59 Å². The molecular weight excluding hydrogens is 476 g/mol. The van der Waals surface area contributed by atoms with Crippen LogP contribution in [-0.2, 0) is 22.5 Å². The molecule has 2 aliphatic rings. The molecule has 190 valence electrons. The Morgan fingerprint density at radius 3 is 2.58 bits per heavy atom. The van der Waals surface area contributed by atoms with Crippen molar-refractivity contribution in [2.24, 2.45) is 5.92 Å². The van der Waals surface area contributed by atoms with Gasteiger partial charge in [0.2, 0.25) is 5.91 Å². The Kier molecular flexibility index (Phi) is 7.99. The number of likely N-dealkylation sites (tertiary alicyclic amines) is 1. The number of carbonyl (C=O) groups is 1. The van der Waals surface area contributed by atoms with Crippen LogP contribution >= 0.6 is 11.6 Å². The van der Waals surface area contributed by atoms with Gasteiger partial charge in [-0.15, -0.1) is 0 Å². The quantitative estimate of drug-likeness (QED) is 0.502. The third-order valence-corrected chi connectivity index (χ3v) is 7.65. The second-order valence-electron chi connectivity index (χ2n) is 9.79. The maximum Gasteiger partial charge on any atom is 0.274 e. The number of fused-ring (bicyclic) bond motifs is 1. The van der Waals surface area contributed by atoms with Crippen LogP contribution < -0.4 is 10.9 Å². The molecule has 0 bridgehead atoms. The van der Waals surface area contributed by atoms with Crippen molar-refractivity contribution in [3.8, 4) is 0 Å². The number of nitrogens with zero attached hydrogens (tertiary/aromatic N) is 3. The van der Waals surface area contributed by atoms with E-state index in [0.717, 1.165) is 55.4 Å². The molecule has 3 aromatic rings. The first-order valence-corrected chi connectivity index (χ1v) is 13.3. The lowest BCUT2D eigenvalue weighted by Gasteiger charge is -2.26. The number of amides is 1. The summed E-state index contributed by atoms with van der Waals surface area (Å²) in [6.45, 7) is 4.25. The summed E-state index contributed by atoms with van der Waals surface area (Å²) in [4.78, 5) is 28.2. The topological polar surface area (TPSA) is 76.5 Å². The zero-order valence-electron chi connectivity index (χ0n) is 20.5. The van der Waals surface area contributed by atoms with Crippen molar-refractivity contribution in [1.82, 2.24) is 20.0 Å². The summed E-state index contributed by atoms with van der Waals surface area (Å²) in [5.41, 5.74) is 1.94. The Labute approximate surface area is 216 Å². The van der Waals surface area contributed by atoms with Gasteiger partial charge in [0.1, 0.15) is 0 Å². The molecule has 0 spiro atoms. The van der Waals surface area contributed by atoms with Crippen LogP contribution in [0.5, 0.6) is 0 Å². The summed E-state index contributed by atoms with van der Waals surface area (Å²) in [5, 5.41) is 10.3. The van der Waals surface area contributed by atoms with Crippen LogP contribution in [0.4, 0.5) is 0 Å². The van der Waals surface area contributed by atoms with E-state index in [2.05, 4.69) is 10.2 Å². The number of benzene rings is 2. The summed E-state index contributed by atoms with van der Waals surface area (Å²) >= 11 is 6.06. The van der Waals surface area contributed by atoms with E-state index in [1.807, 2.05) is 48.5 Å². The molecule has 1 atom stereocenters. The van der Waals surface area contributed by atoms with Crippen molar-refractivity contribution in [2.45, 2.75) is 44.7 Å². The first kappa shape index (κ1) is 24.9. The van der Waals surface area contributed by atoms with Crippen LogP contribution in [0.2, 0.25) is 5.02 Å². The Hall–Kier alpha value is -2.74. The highest BCUT2D eigenvalue weighted by atomic mass is 35.5. The Morgan fingerprint density at radius 1 is 1.06 bits per heavy atom. The van der Waals surface area contributed by atoms with Crippen LogP contribution in [-0.4, -0.2) is 59.5 Å². The molecule has 2 saturated heterocycles. The minimum absolute atomic E-state index is 0.0508. The lowest BCUT2D eigenvalue weighted by molar-refractivity contribution is -0.127. The van der Waals surface area contributed by atoms with Crippen LogP contribution in [0.1, 0.15) is 36.9 Å². The highest BCUT2D eigenvalue weighted by molar-refractivity contribution is 6.30. The highest BCUT2D eigenvalue weighted by Gasteiger charge is 2.27. The largest absolute Gasteiger partial charge is 0.381 e. The molecular formula is C28H33ClN4O3.